The van der Waals surface area contributed by atoms with Gasteiger partial charge >= 0.3 is 0 Å². The normalized spacial score (nSPS) is 10.3. The van der Waals surface area contributed by atoms with Crippen LogP contribution in [0.15, 0.2) is 29.6 Å². The highest BCUT2D eigenvalue weighted by molar-refractivity contribution is 7.14. The fourth-order valence-corrected chi connectivity index (χ4v) is 2.60. The number of phenols is 1. The maximum Gasteiger partial charge on any atom is 0.161 e. The maximum absolute atomic E-state index is 11.4. The van der Waals surface area contributed by atoms with E-state index in [1.165, 1.54) is 18.3 Å². The van der Waals surface area contributed by atoms with Crippen LogP contribution < -0.4 is 5.73 Å². The van der Waals surface area contributed by atoms with E-state index in [0.717, 1.165) is 4.88 Å². The first kappa shape index (κ1) is 10.7. The quantitative estimate of drug-likeness (QED) is 0.619. The lowest BCUT2D eigenvalue weighted by Crippen LogP contribution is -1.94. The van der Waals surface area contributed by atoms with Crippen molar-refractivity contribution in [2.45, 2.75) is 6.92 Å². The lowest BCUT2D eigenvalue weighted by Gasteiger charge is -2.07. The lowest BCUT2D eigenvalue weighted by atomic mass is 10.0. The number of hydrogen-bond donors (Lipinski definition) is 2. The number of carbonyl (C=O) groups excluding carboxylic acids is 1. The highest BCUT2D eigenvalue weighted by Crippen LogP contribution is 2.39. The van der Waals surface area contributed by atoms with Gasteiger partial charge in [0.05, 0.1) is 10.4 Å². The number of phenolic OH excluding ortho intramolecular Hbond substituents is 1. The standard InChI is InChI=1S/C12H11NO2S/c1-7(14)8-5-6-16-12(8)11-9(13)3-2-4-10(11)15/h2-6,15H,13H2,1H3. The third kappa shape index (κ3) is 1.67. The predicted octanol–water partition coefficient (Wildman–Crippen LogP) is 2.91. The van der Waals surface area contributed by atoms with Gasteiger partial charge in [0.15, 0.2) is 5.78 Å². The van der Waals surface area contributed by atoms with Gasteiger partial charge in [0.25, 0.3) is 0 Å². The average molecular weight is 233 g/mol. The molecule has 0 fully saturated rings. The van der Waals surface area contributed by atoms with Crippen molar-refractivity contribution in [1.29, 1.82) is 0 Å². The summed E-state index contributed by atoms with van der Waals surface area (Å²) in [6, 6.07) is 6.69. The highest BCUT2D eigenvalue weighted by Gasteiger charge is 2.16. The smallest absolute Gasteiger partial charge is 0.161 e. The number of carbonyl (C=O) groups is 1. The number of ketones is 1. The van der Waals surface area contributed by atoms with Gasteiger partial charge in [-0.3, -0.25) is 4.79 Å². The Morgan fingerprint density at radius 3 is 2.75 bits per heavy atom. The SMILES string of the molecule is CC(=O)c1ccsc1-c1c(N)cccc1O. The van der Waals surface area contributed by atoms with Crippen LogP contribution in [0.25, 0.3) is 10.4 Å². The first-order valence-corrected chi connectivity index (χ1v) is 5.65. The van der Waals surface area contributed by atoms with Crippen molar-refractivity contribution >= 4 is 22.8 Å². The summed E-state index contributed by atoms with van der Waals surface area (Å²) < 4.78 is 0. The largest absolute Gasteiger partial charge is 0.507 e. The van der Waals surface area contributed by atoms with E-state index >= 15 is 0 Å². The Kier molecular flexibility index (Phi) is 2.66. The van der Waals surface area contributed by atoms with Crippen molar-refractivity contribution in [3.63, 3.8) is 0 Å². The molecule has 0 aliphatic carbocycles. The summed E-state index contributed by atoms with van der Waals surface area (Å²) in [5.41, 5.74) is 7.43. The summed E-state index contributed by atoms with van der Waals surface area (Å²) >= 11 is 1.40. The molecule has 82 valence electrons. The van der Waals surface area contributed by atoms with Crippen molar-refractivity contribution in [2.75, 3.05) is 5.73 Å². The number of anilines is 1. The molecule has 4 heteroatoms. The van der Waals surface area contributed by atoms with Gasteiger partial charge in [0, 0.05) is 11.3 Å². The molecule has 16 heavy (non-hydrogen) atoms. The molecule has 0 saturated heterocycles. The van der Waals surface area contributed by atoms with Gasteiger partial charge in [-0.2, -0.15) is 0 Å². The molecule has 2 rings (SSSR count). The Morgan fingerprint density at radius 2 is 2.12 bits per heavy atom. The summed E-state index contributed by atoms with van der Waals surface area (Å²) in [5.74, 6) is 0.0730. The Labute approximate surface area is 97.2 Å². The molecule has 0 atom stereocenters. The maximum atomic E-state index is 11.4. The van der Waals surface area contributed by atoms with Crippen LogP contribution in [-0.2, 0) is 0 Å². The minimum atomic E-state index is -0.0288. The molecule has 1 aromatic carbocycles. The van der Waals surface area contributed by atoms with Crippen LogP contribution >= 0.6 is 11.3 Å². The number of thiophene rings is 1. The average Bonchev–Trinajstić information content (AvgIpc) is 2.66. The summed E-state index contributed by atoms with van der Waals surface area (Å²) in [6.45, 7) is 1.50. The fraction of sp³-hybridized carbons (Fsp3) is 0.0833. The van der Waals surface area contributed by atoms with Gasteiger partial charge in [0.2, 0.25) is 0 Å². The van der Waals surface area contributed by atoms with E-state index in [9.17, 15) is 9.90 Å². The number of Topliss-reactive ketones (excluding diaryl/α,β-unsaturated/α-hetero) is 1. The Hall–Kier alpha value is -1.81. The van der Waals surface area contributed by atoms with Crippen molar-refractivity contribution in [2.24, 2.45) is 0 Å². The molecule has 2 aromatic rings. The number of benzene rings is 1. The monoisotopic (exact) mass is 233 g/mol. The van der Waals surface area contributed by atoms with Crippen LogP contribution in [0, 0.1) is 0 Å². The van der Waals surface area contributed by atoms with Gasteiger partial charge in [-0.15, -0.1) is 11.3 Å². The molecule has 0 aliphatic heterocycles. The summed E-state index contributed by atoms with van der Waals surface area (Å²) in [7, 11) is 0. The van der Waals surface area contributed by atoms with Crippen LogP contribution in [0.3, 0.4) is 0 Å². The number of rotatable bonds is 2. The highest BCUT2D eigenvalue weighted by atomic mass is 32.1. The van der Waals surface area contributed by atoms with Gasteiger partial charge in [-0.05, 0) is 30.5 Å². The van der Waals surface area contributed by atoms with E-state index < -0.39 is 0 Å². The number of hydrogen-bond acceptors (Lipinski definition) is 4. The van der Waals surface area contributed by atoms with Crippen molar-refractivity contribution in [1.82, 2.24) is 0 Å². The minimum Gasteiger partial charge on any atom is -0.507 e. The van der Waals surface area contributed by atoms with Crippen molar-refractivity contribution < 1.29 is 9.90 Å². The van der Waals surface area contributed by atoms with Gasteiger partial charge in [-0.25, -0.2) is 0 Å². The van der Waals surface area contributed by atoms with Gasteiger partial charge in [0.1, 0.15) is 5.75 Å². The second kappa shape index (κ2) is 3.98. The van der Waals surface area contributed by atoms with E-state index in [2.05, 4.69) is 0 Å². The second-order valence-corrected chi connectivity index (χ2v) is 4.38. The minimum absolute atomic E-state index is 0.0288. The molecule has 1 aromatic heterocycles. The van der Waals surface area contributed by atoms with Crippen molar-refractivity contribution in [3.8, 4) is 16.2 Å². The molecule has 0 radical (unpaired) electrons. The van der Waals surface area contributed by atoms with Crippen LogP contribution in [0.2, 0.25) is 0 Å². The molecule has 0 spiro atoms. The third-order valence-electron chi connectivity index (χ3n) is 2.35. The fourth-order valence-electron chi connectivity index (χ4n) is 1.58. The van der Waals surface area contributed by atoms with Gasteiger partial charge in [-0.1, -0.05) is 6.07 Å². The summed E-state index contributed by atoms with van der Waals surface area (Å²) in [6.07, 6.45) is 0. The zero-order valence-corrected chi connectivity index (χ0v) is 9.54. The third-order valence-corrected chi connectivity index (χ3v) is 3.28. The van der Waals surface area contributed by atoms with Crippen LogP contribution in [0.5, 0.6) is 5.75 Å². The molecule has 0 amide bonds. The Morgan fingerprint density at radius 1 is 1.38 bits per heavy atom. The van der Waals surface area contributed by atoms with Crippen LogP contribution in [0.1, 0.15) is 17.3 Å². The molecule has 3 nitrogen and oxygen atoms in total. The van der Waals surface area contributed by atoms with Gasteiger partial charge < -0.3 is 10.8 Å². The van der Waals surface area contributed by atoms with E-state index in [1.54, 1.807) is 24.3 Å². The molecular weight excluding hydrogens is 222 g/mol. The summed E-state index contributed by atoms with van der Waals surface area (Å²) in [5, 5.41) is 11.6. The molecular formula is C12H11NO2S. The van der Waals surface area contributed by atoms with Crippen LogP contribution in [0.4, 0.5) is 5.69 Å². The molecule has 1 heterocycles. The number of nitrogen functional groups attached to an aromatic ring is 1. The zero-order valence-electron chi connectivity index (χ0n) is 8.73. The first-order chi connectivity index (χ1) is 7.61. The lowest BCUT2D eigenvalue weighted by molar-refractivity contribution is 0.101. The van der Waals surface area contributed by atoms with E-state index in [1.807, 2.05) is 5.38 Å². The predicted molar refractivity (Wildman–Crippen MR) is 65.8 cm³/mol. The molecule has 0 saturated carbocycles. The molecule has 0 bridgehead atoms. The molecule has 3 N–H and O–H groups in total. The topological polar surface area (TPSA) is 63.3 Å². The molecule has 0 unspecified atom stereocenters. The number of aromatic hydroxyl groups is 1. The second-order valence-electron chi connectivity index (χ2n) is 3.46. The van der Waals surface area contributed by atoms with E-state index in [-0.39, 0.29) is 11.5 Å². The van der Waals surface area contributed by atoms with E-state index in [4.69, 9.17) is 5.73 Å². The Balaban J connectivity index is 2.68. The Bertz CT molecular complexity index is 525. The van der Waals surface area contributed by atoms with Crippen molar-refractivity contribution in [3.05, 3.63) is 35.2 Å². The number of nitrogens with two attached hydrogens (primary N) is 1. The summed E-state index contributed by atoms with van der Waals surface area (Å²) in [4.78, 5) is 12.1. The van der Waals surface area contributed by atoms with E-state index in [0.29, 0.717) is 16.8 Å². The molecule has 0 aliphatic rings. The van der Waals surface area contributed by atoms with Crippen LogP contribution in [-0.4, -0.2) is 10.9 Å². The first-order valence-electron chi connectivity index (χ1n) is 4.77. The zero-order chi connectivity index (χ0) is 11.7.